The topological polar surface area (TPSA) is 50.7 Å². The van der Waals surface area contributed by atoms with Crippen molar-refractivity contribution in [3.8, 4) is 11.5 Å². The Labute approximate surface area is 131 Å². The molecule has 0 aromatic heterocycles. The first kappa shape index (κ1) is 16.2. The molecule has 1 unspecified atom stereocenters. The summed E-state index contributed by atoms with van der Waals surface area (Å²) in [5.74, 6) is 1.63. The van der Waals surface area contributed by atoms with Crippen LogP contribution in [0.3, 0.4) is 0 Å². The molecular formula is C18H23NO3. The third kappa shape index (κ3) is 4.15. The molecule has 22 heavy (non-hydrogen) atoms. The van der Waals surface area contributed by atoms with Crippen molar-refractivity contribution < 1.29 is 14.6 Å². The molecule has 0 aliphatic carbocycles. The summed E-state index contributed by atoms with van der Waals surface area (Å²) in [5.41, 5.74) is 3.34. The lowest BCUT2D eigenvalue weighted by Crippen LogP contribution is -2.08. The third-order valence-corrected chi connectivity index (χ3v) is 3.45. The molecule has 2 aromatic carbocycles. The van der Waals surface area contributed by atoms with E-state index in [0.29, 0.717) is 6.61 Å². The summed E-state index contributed by atoms with van der Waals surface area (Å²) in [4.78, 5) is 0. The van der Waals surface area contributed by atoms with E-state index in [4.69, 9.17) is 14.6 Å². The average Bonchev–Trinajstić information content (AvgIpc) is 2.54. The van der Waals surface area contributed by atoms with Gasteiger partial charge in [-0.3, -0.25) is 0 Å². The van der Waals surface area contributed by atoms with E-state index >= 15 is 0 Å². The van der Waals surface area contributed by atoms with Crippen LogP contribution in [0.5, 0.6) is 11.5 Å². The Morgan fingerprint density at radius 3 is 2.50 bits per heavy atom. The fourth-order valence-electron chi connectivity index (χ4n) is 2.33. The zero-order valence-corrected chi connectivity index (χ0v) is 13.3. The quantitative estimate of drug-likeness (QED) is 0.821. The molecule has 118 valence electrons. The van der Waals surface area contributed by atoms with Gasteiger partial charge in [0.1, 0.15) is 18.1 Å². The number of aliphatic hydroxyl groups is 1. The Hall–Kier alpha value is -2.20. The van der Waals surface area contributed by atoms with Gasteiger partial charge in [-0.2, -0.15) is 0 Å². The Bertz CT molecular complexity index is 596. The van der Waals surface area contributed by atoms with Crippen LogP contribution in [-0.2, 0) is 0 Å². The minimum atomic E-state index is 0.0180. The maximum absolute atomic E-state index is 8.75. The van der Waals surface area contributed by atoms with Crippen molar-refractivity contribution in [2.75, 3.05) is 25.6 Å². The van der Waals surface area contributed by atoms with Crippen molar-refractivity contribution in [1.29, 1.82) is 0 Å². The van der Waals surface area contributed by atoms with Crippen LogP contribution in [0.1, 0.15) is 24.1 Å². The molecular weight excluding hydrogens is 278 g/mol. The third-order valence-electron chi connectivity index (χ3n) is 3.45. The van der Waals surface area contributed by atoms with Gasteiger partial charge in [-0.15, -0.1) is 0 Å². The van der Waals surface area contributed by atoms with E-state index < -0.39 is 0 Å². The summed E-state index contributed by atoms with van der Waals surface area (Å²) in [6.07, 6.45) is 0. The van der Waals surface area contributed by atoms with Gasteiger partial charge in [0.2, 0.25) is 0 Å². The maximum atomic E-state index is 8.75. The van der Waals surface area contributed by atoms with Crippen LogP contribution in [0.2, 0.25) is 0 Å². The molecule has 1 atom stereocenters. The van der Waals surface area contributed by atoms with Crippen molar-refractivity contribution in [3.63, 3.8) is 0 Å². The van der Waals surface area contributed by atoms with E-state index in [0.717, 1.165) is 22.7 Å². The second-order valence-electron chi connectivity index (χ2n) is 5.21. The molecule has 2 aromatic rings. The maximum Gasteiger partial charge on any atom is 0.124 e. The average molecular weight is 301 g/mol. The van der Waals surface area contributed by atoms with Gasteiger partial charge in [-0.25, -0.2) is 0 Å². The Morgan fingerprint density at radius 2 is 1.86 bits per heavy atom. The number of nitrogens with one attached hydrogen (secondary N) is 1. The van der Waals surface area contributed by atoms with Crippen molar-refractivity contribution in [3.05, 3.63) is 53.6 Å². The molecule has 0 aliphatic rings. The summed E-state index contributed by atoms with van der Waals surface area (Å²) >= 11 is 0. The van der Waals surface area contributed by atoms with Crippen LogP contribution in [0.4, 0.5) is 5.69 Å². The summed E-state index contributed by atoms with van der Waals surface area (Å²) in [5, 5.41) is 12.2. The molecule has 2 rings (SSSR count). The normalized spacial score (nSPS) is 11.8. The largest absolute Gasteiger partial charge is 0.496 e. The smallest absolute Gasteiger partial charge is 0.124 e. The van der Waals surface area contributed by atoms with Gasteiger partial charge >= 0.3 is 0 Å². The molecule has 0 spiro atoms. The Kier molecular flexibility index (Phi) is 5.67. The van der Waals surface area contributed by atoms with E-state index in [9.17, 15) is 0 Å². The Balaban J connectivity index is 2.08. The lowest BCUT2D eigenvalue weighted by Gasteiger charge is -2.19. The van der Waals surface area contributed by atoms with Crippen LogP contribution >= 0.6 is 0 Å². The molecule has 0 bridgehead atoms. The molecule has 4 heteroatoms. The van der Waals surface area contributed by atoms with Gasteiger partial charge in [-0.1, -0.05) is 17.7 Å². The number of methoxy groups -OCH3 is 1. The minimum absolute atomic E-state index is 0.0180. The molecule has 0 saturated heterocycles. The van der Waals surface area contributed by atoms with E-state index in [1.54, 1.807) is 7.11 Å². The van der Waals surface area contributed by atoms with Gasteiger partial charge in [0, 0.05) is 11.3 Å². The fourth-order valence-corrected chi connectivity index (χ4v) is 2.33. The van der Waals surface area contributed by atoms with Crippen molar-refractivity contribution in [2.45, 2.75) is 19.9 Å². The van der Waals surface area contributed by atoms with Crippen molar-refractivity contribution >= 4 is 5.69 Å². The number of rotatable bonds is 7. The number of hydrogen-bond donors (Lipinski definition) is 2. The minimum Gasteiger partial charge on any atom is -0.496 e. The lowest BCUT2D eigenvalue weighted by atomic mass is 10.0. The number of ether oxygens (including phenoxy) is 2. The number of aryl methyl sites for hydroxylation is 1. The highest BCUT2D eigenvalue weighted by Gasteiger charge is 2.11. The SMILES string of the molecule is COc1ccc(C)cc1C(C)Nc1ccc(OCCO)cc1. The van der Waals surface area contributed by atoms with E-state index in [1.807, 2.05) is 36.4 Å². The predicted molar refractivity (Wildman–Crippen MR) is 88.8 cm³/mol. The predicted octanol–water partition coefficient (Wildman–Crippen LogP) is 3.55. The highest BCUT2D eigenvalue weighted by molar-refractivity contribution is 5.50. The first-order valence-electron chi connectivity index (χ1n) is 7.39. The zero-order valence-electron chi connectivity index (χ0n) is 13.3. The standard InChI is InChI=1S/C18H23NO3/c1-13-4-9-18(21-3)17(12-13)14(2)19-15-5-7-16(8-6-15)22-11-10-20/h4-9,12,14,19-20H,10-11H2,1-3H3. The van der Waals surface area contributed by atoms with Gasteiger partial charge in [0.25, 0.3) is 0 Å². The molecule has 0 fully saturated rings. The van der Waals surface area contributed by atoms with Gasteiger partial charge in [0.15, 0.2) is 0 Å². The summed E-state index contributed by atoms with van der Waals surface area (Å²) in [7, 11) is 1.69. The number of benzene rings is 2. The van der Waals surface area contributed by atoms with E-state index in [-0.39, 0.29) is 12.6 Å². The van der Waals surface area contributed by atoms with Gasteiger partial charge in [0.05, 0.1) is 19.8 Å². The summed E-state index contributed by atoms with van der Waals surface area (Å²) in [6, 6.07) is 14.0. The first-order valence-corrected chi connectivity index (χ1v) is 7.39. The van der Waals surface area contributed by atoms with Crippen LogP contribution in [0.25, 0.3) is 0 Å². The number of aliphatic hydroxyl groups excluding tert-OH is 1. The molecule has 4 nitrogen and oxygen atoms in total. The molecule has 0 radical (unpaired) electrons. The second kappa shape index (κ2) is 7.71. The lowest BCUT2D eigenvalue weighted by molar-refractivity contribution is 0.201. The summed E-state index contributed by atoms with van der Waals surface area (Å²) in [6.45, 7) is 4.50. The first-order chi connectivity index (χ1) is 10.6. The molecule has 0 aliphatic heterocycles. The van der Waals surface area contributed by atoms with Crippen molar-refractivity contribution in [2.24, 2.45) is 0 Å². The molecule has 0 amide bonds. The molecule has 0 heterocycles. The molecule has 2 N–H and O–H groups in total. The monoisotopic (exact) mass is 301 g/mol. The van der Waals surface area contributed by atoms with Crippen LogP contribution in [0.15, 0.2) is 42.5 Å². The van der Waals surface area contributed by atoms with Crippen molar-refractivity contribution in [1.82, 2.24) is 0 Å². The van der Waals surface area contributed by atoms with Crippen LogP contribution in [0, 0.1) is 6.92 Å². The fraction of sp³-hybridized carbons (Fsp3) is 0.333. The van der Waals surface area contributed by atoms with E-state index in [2.05, 4.69) is 25.2 Å². The molecule has 0 saturated carbocycles. The zero-order chi connectivity index (χ0) is 15.9. The van der Waals surface area contributed by atoms with Gasteiger partial charge < -0.3 is 19.9 Å². The van der Waals surface area contributed by atoms with Gasteiger partial charge in [-0.05, 0) is 44.2 Å². The highest BCUT2D eigenvalue weighted by Crippen LogP contribution is 2.29. The number of anilines is 1. The van der Waals surface area contributed by atoms with Crippen LogP contribution in [-0.4, -0.2) is 25.4 Å². The Morgan fingerprint density at radius 1 is 1.14 bits per heavy atom. The summed E-state index contributed by atoms with van der Waals surface area (Å²) < 4.78 is 10.8. The highest BCUT2D eigenvalue weighted by atomic mass is 16.5. The second-order valence-corrected chi connectivity index (χ2v) is 5.21. The number of hydrogen-bond acceptors (Lipinski definition) is 4. The van der Waals surface area contributed by atoms with E-state index in [1.165, 1.54) is 5.56 Å². The van der Waals surface area contributed by atoms with Crippen LogP contribution < -0.4 is 14.8 Å².